The zero-order valence-corrected chi connectivity index (χ0v) is 16.7. The Morgan fingerprint density at radius 3 is 2.25 bits per heavy atom. The second-order valence-corrected chi connectivity index (χ2v) is 6.89. The molecule has 0 radical (unpaired) electrons. The summed E-state index contributed by atoms with van der Waals surface area (Å²) in [6.07, 6.45) is 0. The van der Waals surface area contributed by atoms with Gasteiger partial charge in [0.25, 0.3) is 0 Å². The number of carbonyl (C=O) groups is 1. The highest BCUT2D eigenvalue weighted by Crippen LogP contribution is 2.31. The maximum atomic E-state index is 11.0. The molecule has 2 aromatic carbocycles. The number of ether oxygens (including phenoxy) is 2. The summed E-state index contributed by atoms with van der Waals surface area (Å²) in [6, 6.07) is 12.5. The molecule has 3 rings (SSSR count). The van der Waals surface area contributed by atoms with Crippen LogP contribution in [0.1, 0.15) is 22.8 Å². The lowest BCUT2D eigenvalue weighted by Gasteiger charge is -2.10. The third kappa shape index (κ3) is 4.28. The first kappa shape index (κ1) is 19.8. The van der Waals surface area contributed by atoms with Gasteiger partial charge in [0.05, 0.1) is 19.8 Å². The predicted octanol–water partition coefficient (Wildman–Crippen LogP) is 3.97. The first-order valence-corrected chi connectivity index (χ1v) is 9.66. The zero-order chi connectivity index (χ0) is 20.1. The number of hydrogen-bond donors (Lipinski definition) is 1. The standard InChI is InChI=1S/C20H21N3O4S/c1-4-23-18(15-9-16(26-2)11-17(10-15)27-3)21-22-20(23)28-12-13-5-7-14(8-6-13)19(24)25/h5-11H,4,12H2,1-3H3,(H,24,25). The molecule has 3 aromatic rings. The normalized spacial score (nSPS) is 10.7. The number of methoxy groups -OCH3 is 2. The summed E-state index contributed by atoms with van der Waals surface area (Å²) < 4.78 is 12.7. The van der Waals surface area contributed by atoms with Gasteiger partial charge in [0, 0.05) is 23.9 Å². The van der Waals surface area contributed by atoms with Crippen molar-refractivity contribution >= 4 is 17.7 Å². The number of nitrogens with zero attached hydrogens (tertiary/aromatic N) is 3. The highest BCUT2D eigenvalue weighted by molar-refractivity contribution is 7.98. The molecule has 146 valence electrons. The van der Waals surface area contributed by atoms with Crippen LogP contribution in [0.5, 0.6) is 11.5 Å². The van der Waals surface area contributed by atoms with Gasteiger partial charge in [0.1, 0.15) is 11.5 Å². The molecule has 1 aromatic heterocycles. The van der Waals surface area contributed by atoms with Crippen LogP contribution in [0.3, 0.4) is 0 Å². The SMILES string of the molecule is CCn1c(SCc2ccc(C(=O)O)cc2)nnc1-c1cc(OC)cc(OC)c1. The zero-order valence-electron chi connectivity index (χ0n) is 15.9. The molecule has 0 saturated carbocycles. The number of hydrogen-bond acceptors (Lipinski definition) is 6. The Balaban J connectivity index is 1.83. The van der Waals surface area contributed by atoms with E-state index in [2.05, 4.69) is 10.2 Å². The fraction of sp³-hybridized carbons (Fsp3) is 0.250. The number of carboxylic acid groups (broad SMARTS) is 1. The fourth-order valence-corrected chi connectivity index (χ4v) is 3.68. The molecular formula is C20H21N3O4S. The van der Waals surface area contributed by atoms with Crippen LogP contribution in [0, 0.1) is 0 Å². The predicted molar refractivity (Wildman–Crippen MR) is 107 cm³/mol. The molecule has 7 nitrogen and oxygen atoms in total. The van der Waals surface area contributed by atoms with Gasteiger partial charge in [-0.15, -0.1) is 10.2 Å². The average molecular weight is 399 g/mol. The molecule has 0 spiro atoms. The van der Waals surface area contributed by atoms with Crippen molar-refractivity contribution in [3.05, 3.63) is 53.6 Å². The Morgan fingerprint density at radius 1 is 1.07 bits per heavy atom. The van der Waals surface area contributed by atoms with Gasteiger partial charge in [-0.2, -0.15) is 0 Å². The summed E-state index contributed by atoms with van der Waals surface area (Å²) in [5, 5.41) is 18.5. The molecule has 0 bridgehead atoms. The Morgan fingerprint density at radius 2 is 1.71 bits per heavy atom. The van der Waals surface area contributed by atoms with Gasteiger partial charge in [0.2, 0.25) is 0 Å². The lowest BCUT2D eigenvalue weighted by Crippen LogP contribution is -2.00. The van der Waals surface area contributed by atoms with E-state index in [4.69, 9.17) is 14.6 Å². The van der Waals surface area contributed by atoms with Crippen LogP contribution < -0.4 is 9.47 Å². The van der Waals surface area contributed by atoms with Crippen LogP contribution in [0.2, 0.25) is 0 Å². The van der Waals surface area contributed by atoms with Gasteiger partial charge in [-0.3, -0.25) is 0 Å². The smallest absolute Gasteiger partial charge is 0.335 e. The highest BCUT2D eigenvalue weighted by atomic mass is 32.2. The molecule has 8 heteroatoms. The summed E-state index contributed by atoms with van der Waals surface area (Å²) in [6.45, 7) is 2.75. The van der Waals surface area contributed by atoms with Crippen LogP contribution in [0.15, 0.2) is 47.6 Å². The van der Waals surface area contributed by atoms with Gasteiger partial charge in [-0.05, 0) is 36.8 Å². The van der Waals surface area contributed by atoms with Crippen molar-refractivity contribution in [1.82, 2.24) is 14.8 Å². The van der Waals surface area contributed by atoms with Gasteiger partial charge < -0.3 is 19.1 Å². The van der Waals surface area contributed by atoms with Crippen LogP contribution >= 0.6 is 11.8 Å². The quantitative estimate of drug-likeness (QED) is 0.574. The van der Waals surface area contributed by atoms with Crippen LogP contribution in [-0.2, 0) is 12.3 Å². The molecule has 1 heterocycles. The Labute approximate surface area is 167 Å². The van der Waals surface area contributed by atoms with E-state index in [0.717, 1.165) is 22.1 Å². The van der Waals surface area contributed by atoms with Crippen LogP contribution in [0.4, 0.5) is 0 Å². The van der Waals surface area contributed by atoms with Gasteiger partial charge >= 0.3 is 5.97 Å². The van der Waals surface area contributed by atoms with Gasteiger partial charge in [-0.1, -0.05) is 23.9 Å². The third-order valence-electron chi connectivity index (χ3n) is 4.21. The lowest BCUT2D eigenvalue weighted by atomic mass is 10.1. The van der Waals surface area contributed by atoms with E-state index in [1.54, 1.807) is 38.1 Å². The summed E-state index contributed by atoms with van der Waals surface area (Å²) in [5.74, 6) is 1.85. The summed E-state index contributed by atoms with van der Waals surface area (Å²) in [7, 11) is 3.22. The lowest BCUT2D eigenvalue weighted by molar-refractivity contribution is 0.0697. The Bertz CT molecular complexity index is 948. The number of benzene rings is 2. The van der Waals surface area contributed by atoms with Gasteiger partial charge in [-0.25, -0.2) is 4.79 Å². The minimum atomic E-state index is -0.928. The van der Waals surface area contributed by atoms with E-state index >= 15 is 0 Å². The maximum Gasteiger partial charge on any atom is 0.335 e. The Hall–Kier alpha value is -3.00. The summed E-state index contributed by atoms with van der Waals surface area (Å²) in [5.41, 5.74) is 2.16. The van der Waals surface area contributed by atoms with Crippen molar-refractivity contribution in [3.8, 4) is 22.9 Å². The van der Waals surface area contributed by atoms with Crippen molar-refractivity contribution in [1.29, 1.82) is 0 Å². The molecule has 0 aliphatic heterocycles. The third-order valence-corrected chi connectivity index (χ3v) is 5.25. The van der Waals surface area contributed by atoms with E-state index in [9.17, 15) is 4.79 Å². The van der Waals surface area contributed by atoms with E-state index in [0.29, 0.717) is 23.8 Å². The summed E-state index contributed by atoms with van der Waals surface area (Å²) >= 11 is 1.55. The van der Waals surface area contributed by atoms with Crippen molar-refractivity contribution < 1.29 is 19.4 Å². The number of thioether (sulfide) groups is 1. The number of carboxylic acids is 1. The topological polar surface area (TPSA) is 86.5 Å². The summed E-state index contributed by atoms with van der Waals surface area (Å²) in [4.78, 5) is 11.0. The number of rotatable bonds is 8. The maximum absolute atomic E-state index is 11.0. The number of aromatic carboxylic acids is 1. The molecule has 0 unspecified atom stereocenters. The first-order chi connectivity index (χ1) is 13.5. The van der Waals surface area contributed by atoms with Crippen molar-refractivity contribution in [2.24, 2.45) is 0 Å². The molecule has 0 aliphatic rings. The molecular weight excluding hydrogens is 378 g/mol. The molecule has 0 fully saturated rings. The second-order valence-electron chi connectivity index (χ2n) is 5.94. The van der Waals surface area contributed by atoms with E-state index in [1.165, 1.54) is 0 Å². The highest BCUT2D eigenvalue weighted by Gasteiger charge is 2.15. The molecule has 0 atom stereocenters. The minimum Gasteiger partial charge on any atom is -0.497 e. The van der Waals surface area contributed by atoms with E-state index < -0.39 is 5.97 Å². The van der Waals surface area contributed by atoms with Crippen molar-refractivity contribution in [2.45, 2.75) is 24.4 Å². The molecule has 0 aliphatic carbocycles. The Kier molecular flexibility index (Phi) is 6.20. The van der Waals surface area contributed by atoms with Gasteiger partial charge in [0.15, 0.2) is 11.0 Å². The average Bonchev–Trinajstić information content (AvgIpc) is 3.15. The second kappa shape index (κ2) is 8.79. The molecule has 28 heavy (non-hydrogen) atoms. The minimum absolute atomic E-state index is 0.278. The fourth-order valence-electron chi connectivity index (χ4n) is 2.72. The monoisotopic (exact) mass is 399 g/mol. The van der Waals surface area contributed by atoms with E-state index in [1.807, 2.05) is 41.8 Å². The molecule has 0 saturated heterocycles. The largest absolute Gasteiger partial charge is 0.497 e. The number of aromatic nitrogens is 3. The van der Waals surface area contributed by atoms with E-state index in [-0.39, 0.29) is 5.56 Å². The first-order valence-electron chi connectivity index (χ1n) is 8.67. The van der Waals surface area contributed by atoms with Crippen LogP contribution in [-0.4, -0.2) is 40.1 Å². The van der Waals surface area contributed by atoms with Crippen molar-refractivity contribution in [2.75, 3.05) is 14.2 Å². The van der Waals surface area contributed by atoms with Crippen molar-refractivity contribution in [3.63, 3.8) is 0 Å². The molecule has 1 N–H and O–H groups in total. The molecule has 0 amide bonds. The van der Waals surface area contributed by atoms with Crippen LogP contribution in [0.25, 0.3) is 11.4 Å².